The van der Waals surface area contributed by atoms with Crippen molar-refractivity contribution < 1.29 is 9.72 Å². The fourth-order valence-corrected chi connectivity index (χ4v) is 3.17. The van der Waals surface area contributed by atoms with Crippen LogP contribution in [0, 0.1) is 10.1 Å². The monoisotopic (exact) mass is 344 g/mol. The Kier molecular flexibility index (Phi) is 4.28. The number of nitrogens with zero attached hydrogens (tertiary/aromatic N) is 2. The summed E-state index contributed by atoms with van der Waals surface area (Å²) < 4.78 is 0. The molecule has 1 saturated carbocycles. The first kappa shape index (κ1) is 16.5. The van der Waals surface area contributed by atoms with Gasteiger partial charge < -0.3 is 4.90 Å². The zero-order chi connectivity index (χ0) is 17.3. The molecule has 0 N–H and O–H groups in total. The summed E-state index contributed by atoms with van der Waals surface area (Å²) in [5.74, 6) is 0.0243. The number of likely N-dealkylation sites (N-methyl/N-ethyl adjacent to an activating group) is 1. The van der Waals surface area contributed by atoms with Crippen molar-refractivity contribution in [1.29, 1.82) is 0 Å². The van der Waals surface area contributed by atoms with E-state index in [0.717, 1.165) is 18.4 Å². The van der Waals surface area contributed by atoms with Gasteiger partial charge in [0.2, 0.25) is 5.91 Å². The van der Waals surface area contributed by atoms with Gasteiger partial charge in [-0.1, -0.05) is 41.9 Å². The molecule has 0 bridgehead atoms. The van der Waals surface area contributed by atoms with E-state index in [0.29, 0.717) is 10.6 Å². The second kappa shape index (κ2) is 6.24. The van der Waals surface area contributed by atoms with Gasteiger partial charge in [-0.3, -0.25) is 14.9 Å². The Morgan fingerprint density at radius 3 is 2.50 bits per heavy atom. The Hall–Kier alpha value is -2.40. The highest BCUT2D eigenvalue weighted by atomic mass is 35.5. The summed E-state index contributed by atoms with van der Waals surface area (Å²) in [5, 5.41) is 11.3. The molecule has 1 aliphatic carbocycles. The quantitative estimate of drug-likeness (QED) is 0.609. The number of hydrogen-bond acceptors (Lipinski definition) is 3. The summed E-state index contributed by atoms with van der Waals surface area (Å²) in [6.45, 7) is 0.244. The molecule has 24 heavy (non-hydrogen) atoms. The van der Waals surface area contributed by atoms with E-state index in [4.69, 9.17) is 11.6 Å². The van der Waals surface area contributed by atoms with E-state index in [9.17, 15) is 14.9 Å². The number of carbonyl (C=O) groups is 1. The Morgan fingerprint density at radius 1 is 1.25 bits per heavy atom. The fraction of sp³-hybridized carbons (Fsp3) is 0.278. The van der Waals surface area contributed by atoms with E-state index in [-0.39, 0.29) is 18.1 Å². The van der Waals surface area contributed by atoms with Crippen LogP contribution < -0.4 is 0 Å². The van der Waals surface area contributed by atoms with Gasteiger partial charge in [-0.2, -0.15) is 0 Å². The molecular formula is C18H17ClN2O3. The van der Waals surface area contributed by atoms with E-state index in [2.05, 4.69) is 0 Å². The molecule has 1 aliphatic rings. The van der Waals surface area contributed by atoms with Crippen LogP contribution in [0.15, 0.2) is 48.5 Å². The third-order valence-electron chi connectivity index (χ3n) is 4.48. The van der Waals surface area contributed by atoms with Gasteiger partial charge in [-0.05, 0) is 30.0 Å². The van der Waals surface area contributed by atoms with Crippen molar-refractivity contribution in [2.45, 2.75) is 24.8 Å². The predicted octanol–water partition coefficient (Wildman–Crippen LogP) is 3.94. The minimum Gasteiger partial charge on any atom is -0.341 e. The SMILES string of the molecule is CN(Cc1cc([N+](=O)[O-])ccc1Cl)C(=O)C1(c2ccccc2)CC1. The van der Waals surface area contributed by atoms with Crippen LogP contribution in [-0.4, -0.2) is 22.8 Å². The highest BCUT2D eigenvalue weighted by Gasteiger charge is 2.52. The van der Waals surface area contributed by atoms with Gasteiger partial charge in [0.15, 0.2) is 0 Å². The molecule has 0 heterocycles. The van der Waals surface area contributed by atoms with Crippen molar-refractivity contribution in [2.24, 2.45) is 0 Å². The van der Waals surface area contributed by atoms with Crippen LogP contribution >= 0.6 is 11.6 Å². The Bertz CT molecular complexity index is 788. The lowest BCUT2D eigenvalue weighted by Gasteiger charge is -2.24. The standard InChI is InChI=1S/C18H17ClN2O3/c1-20(12-13-11-15(21(23)24)7-8-16(13)19)17(22)18(9-10-18)14-5-3-2-4-6-14/h2-8,11H,9-10,12H2,1H3. The molecule has 0 saturated heterocycles. The van der Waals surface area contributed by atoms with Gasteiger partial charge in [-0.25, -0.2) is 0 Å². The van der Waals surface area contributed by atoms with Gasteiger partial charge in [0, 0.05) is 30.7 Å². The third kappa shape index (κ3) is 2.99. The summed E-state index contributed by atoms with van der Waals surface area (Å²) in [6, 6.07) is 14.0. The van der Waals surface area contributed by atoms with Crippen LogP contribution in [0.4, 0.5) is 5.69 Å². The first-order chi connectivity index (χ1) is 11.4. The molecule has 1 amide bonds. The Balaban J connectivity index is 1.81. The lowest BCUT2D eigenvalue weighted by atomic mass is 9.94. The number of benzene rings is 2. The lowest BCUT2D eigenvalue weighted by molar-refractivity contribution is -0.384. The molecule has 0 radical (unpaired) electrons. The first-order valence-corrected chi connectivity index (χ1v) is 8.06. The van der Waals surface area contributed by atoms with Gasteiger partial charge in [0.1, 0.15) is 0 Å². The number of nitro benzene ring substituents is 1. The van der Waals surface area contributed by atoms with Gasteiger partial charge >= 0.3 is 0 Å². The molecule has 2 aromatic carbocycles. The summed E-state index contributed by atoms with van der Waals surface area (Å²) in [5.41, 5.74) is 1.11. The molecule has 0 aromatic heterocycles. The first-order valence-electron chi connectivity index (χ1n) is 7.68. The molecule has 1 fully saturated rings. The van der Waals surface area contributed by atoms with Crippen LogP contribution in [0.5, 0.6) is 0 Å². The number of hydrogen-bond donors (Lipinski definition) is 0. The minimum absolute atomic E-state index is 0.0243. The van der Waals surface area contributed by atoms with Crippen molar-refractivity contribution in [3.8, 4) is 0 Å². The Labute approximate surface area is 145 Å². The van der Waals surface area contributed by atoms with E-state index in [1.165, 1.54) is 18.2 Å². The smallest absolute Gasteiger partial charge is 0.269 e. The van der Waals surface area contributed by atoms with E-state index < -0.39 is 10.3 Å². The molecule has 124 valence electrons. The molecule has 0 atom stereocenters. The summed E-state index contributed by atoms with van der Waals surface area (Å²) in [7, 11) is 1.71. The van der Waals surface area contributed by atoms with E-state index >= 15 is 0 Å². The fourth-order valence-electron chi connectivity index (χ4n) is 3.00. The molecule has 0 aliphatic heterocycles. The number of carbonyl (C=O) groups excluding carboxylic acids is 1. The Morgan fingerprint density at radius 2 is 1.92 bits per heavy atom. The summed E-state index contributed by atoms with van der Waals surface area (Å²) in [4.78, 5) is 25.0. The lowest BCUT2D eigenvalue weighted by Crippen LogP contribution is -2.36. The van der Waals surface area contributed by atoms with Crippen LogP contribution in [0.1, 0.15) is 24.0 Å². The van der Waals surface area contributed by atoms with Crippen LogP contribution in [-0.2, 0) is 16.8 Å². The van der Waals surface area contributed by atoms with Crippen LogP contribution in [0.2, 0.25) is 5.02 Å². The van der Waals surface area contributed by atoms with Gasteiger partial charge in [0.25, 0.3) is 5.69 Å². The maximum Gasteiger partial charge on any atom is 0.269 e. The number of rotatable bonds is 5. The highest BCUT2D eigenvalue weighted by molar-refractivity contribution is 6.31. The molecule has 0 spiro atoms. The number of nitro groups is 1. The van der Waals surface area contributed by atoms with E-state index in [1.807, 2.05) is 30.3 Å². The summed E-state index contributed by atoms with van der Waals surface area (Å²) >= 11 is 6.14. The zero-order valence-electron chi connectivity index (χ0n) is 13.2. The van der Waals surface area contributed by atoms with Crippen LogP contribution in [0.25, 0.3) is 0 Å². The highest BCUT2D eigenvalue weighted by Crippen LogP contribution is 2.49. The molecule has 0 unspecified atom stereocenters. The van der Waals surface area contributed by atoms with Gasteiger partial charge in [0.05, 0.1) is 10.3 Å². The number of halogens is 1. The topological polar surface area (TPSA) is 63.4 Å². The molecule has 5 nitrogen and oxygen atoms in total. The zero-order valence-corrected chi connectivity index (χ0v) is 14.0. The van der Waals surface area contributed by atoms with Crippen molar-refractivity contribution in [1.82, 2.24) is 4.90 Å². The van der Waals surface area contributed by atoms with Crippen molar-refractivity contribution in [3.63, 3.8) is 0 Å². The van der Waals surface area contributed by atoms with Crippen LogP contribution in [0.3, 0.4) is 0 Å². The molecule has 6 heteroatoms. The minimum atomic E-state index is -0.464. The molecular weight excluding hydrogens is 328 g/mol. The molecule has 2 aromatic rings. The van der Waals surface area contributed by atoms with E-state index in [1.54, 1.807) is 11.9 Å². The summed E-state index contributed by atoms with van der Waals surface area (Å²) in [6.07, 6.45) is 1.64. The largest absolute Gasteiger partial charge is 0.341 e. The average molecular weight is 345 g/mol. The third-order valence-corrected chi connectivity index (χ3v) is 4.85. The number of non-ortho nitro benzene ring substituents is 1. The maximum absolute atomic E-state index is 12.9. The average Bonchev–Trinajstić information content (AvgIpc) is 3.38. The van der Waals surface area contributed by atoms with Crippen molar-refractivity contribution >= 4 is 23.2 Å². The maximum atomic E-state index is 12.9. The second-order valence-electron chi connectivity index (χ2n) is 6.14. The van der Waals surface area contributed by atoms with Gasteiger partial charge in [-0.15, -0.1) is 0 Å². The van der Waals surface area contributed by atoms with Crippen molar-refractivity contribution in [2.75, 3.05) is 7.05 Å². The number of amides is 1. The van der Waals surface area contributed by atoms with Crippen molar-refractivity contribution in [3.05, 3.63) is 74.8 Å². The predicted molar refractivity (Wildman–Crippen MR) is 91.9 cm³/mol. The normalized spacial score (nSPS) is 14.9. The molecule has 3 rings (SSSR count). The second-order valence-corrected chi connectivity index (χ2v) is 6.55.